The third kappa shape index (κ3) is 2.82. The fourth-order valence-corrected chi connectivity index (χ4v) is 2.20. The molecule has 0 bridgehead atoms. The number of hydrogen-bond donors (Lipinski definition) is 3. The summed E-state index contributed by atoms with van der Waals surface area (Å²) in [5.41, 5.74) is 0.628. The first-order valence-corrected chi connectivity index (χ1v) is 6.69. The van der Waals surface area contributed by atoms with Crippen molar-refractivity contribution in [1.29, 1.82) is 0 Å². The van der Waals surface area contributed by atoms with Gasteiger partial charge in [-0.05, 0) is 38.0 Å². The largest absolute Gasteiger partial charge is 0.396 e. The van der Waals surface area contributed by atoms with Gasteiger partial charge < -0.3 is 15.4 Å². The third-order valence-corrected chi connectivity index (χ3v) is 3.75. The van der Waals surface area contributed by atoms with Crippen molar-refractivity contribution in [2.75, 3.05) is 6.61 Å². The molecule has 3 N–H and O–H groups in total. The minimum Gasteiger partial charge on any atom is -0.396 e. The first kappa shape index (κ1) is 14.5. The van der Waals surface area contributed by atoms with Crippen LogP contribution in [0.5, 0.6) is 0 Å². The number of fused-ring (bicyclic) bond motifs is 1. The molecule has 0 fully saturated rings. The maximum atomic E-state index is 13.1. The summed E-state index contributed by atoms with van der Waals surface area (Å²) in [6.07, 6.45) is 2.79. The van der Waals surface area contributed by atoms with Crippen LogP contribution in [0.4, 0.5) is 4.39 Å². The Bertz CT molecular complexity index is 623. The van der Waals surface area contributed by atoms with Gasteiger partial charge >= 0.3 is 0 Å². The minimum absolute atomic E-state index is 0.0176. The van der Waals surface area contributed by atoms with E-state index in [0.29, 0.717) is 22.9 Å². The van der Waals surface area contributed by atoms with Gasteiger partial charge in [0.25, 0.3) is 5.91 Å². The molecule has 2 aromatic rings. The molecule has 0 saturated carbocycles. The van der Waals surface area contributed by atoms with Gasteiger partial charge in [0.1, 0.15) is 5.82 Å². The second-order valence-corrected chi connectivity index (χ2v) is 5.23. The van der Waals surface area contributed by atoms with Gasteiger partial charge in [0.05, 0.1) is 5.56 Å². The normalized spacial score (nSPS) is 14.2. The summed E-state index contributed by atoms with van der Waals surface area (Å²) in [6, 6.07) is 4.28. The smallest absolute Gasteiger partial charge is 0.253 e. The zero-order chi connectivity index (χ0) is 14.8. The van der Waals surface area contributed by atoms with E-state index in [1.807, 2.05) is 13.8 Å². The van der Waals surface area contributed by atoms with Gasteiger partial charge in [-0.2, -0.15) is 0 Å². The molecule has 2 rings (SSSR count). The quantitative estimate of drug-likeness (QED) is 0.787. The molecule has 1 heterocycles. The van der Waals surface area contributed by atoms with Gasteiger partial charge in [-0.15, -0.1) is 0 Å². The molecular formula is C15H19FN2O2. The maximum Gasteiger partial charge on any atom is 0.253 e. The number of carbonyl (C=O) groups excluding carboxylic acids is 1. The average molecular weight is 278 g/mol. The lowest BCUT2D eigenvalue weighted by Gasteiger charge is -2.28. The molecule has 0 saturated heterocycles. The number of aliphatic hydroxyl groups is 1. The lowest BCUT2D eigenvalue weighted by molar-refractivity contribution is 0.0888. The Morgan fingerprint density at radius 3 is 2.90 bits per heavy atom. The van der Waals surface area contributed by atoms with Crippen LogP contribution < -0.4 is 5.32 Å². The van der Waals surface area contributed by atoms with Crippen molar-refractivity contribution in [2.45, 2.75) is 32.2 Å². The first-order valence-electron chi connectivity index (χ1n) is 6.69. The molecule has 0 aliphatic rings. The number of hydrogen-bond acceptors (Lipinski definition) is 2. The predicted octanol–water partition coefficient (Wildman–Crippen LogP) is 2.59. The van der Waals surface area contributed by atoms with Gasteiger partial charge in [0.2, 0.25) is 0 Å². The Morgan fingerprint density at radius 1 is 1.50 bits per heavy atom. The molecule has 4 nitrogen and oxygen atoms in total. The number of H-pyrrole nitrogens is 1. The molecular weight excluding hydrogens is 259 g/mol. The van der Waals surface area contributed by atoms with Crippen molar-refractivity contribution in [1.82, 2.24) is 10.3 Å². The minimum atomic E-state index is -0.449. The average Bonchev–Trinajstić information content (AvgIpc) is 2.81. The van der Waals surface area contributed by atoms with Crippen molar-refractivity contribution in [3.8, 4) is 0 Å². The van der Waals surface area contributed by atoms with Crippen molar-refractivity contribution in [2.24, 2.45) is 0 Å². The van der Waals surface area contributed by atoms with E-state index in [1.165, 1.54) is 12.1 Å². The van der Waals surface area contributed by atoms with Crippen LogP contribution in [0.3, 0.4) is 0 Å². The maximum absolute atomic E-state index is 13.1. The number of benzene rings is 1. The number of amides is 1. The van der Waals surface area contributed by atoms with Crippen LogP contribution in [0.15, 0.2) is 24.4 Å². The van der Waals surface area contributed by atoms with Gasteiger partial charge in [-0.1, -0.05) is 6.92 Å². The molecule has 108 valence electrons. The van der Waals surface area contributed by atoms with E-state index < -0.39 is 5.54 Å². The molecule has 0 aliphatic carbocycles. The number of rotatable bonds is 5. The van der Waals surface area contributed by atoms with E-state index in [-0.39, 0.29) is 18.3 Å². The Morgan fingerprint density at radius 2 is 2.25 bits per heavy atom. The van der Waals surface area contributed by atoms with Crippen LogP contribution in [0, 0.1) is 5.82 Å². The highest BCUT2D eigenvalue weighted by Gasteiger charge is 2.25. The number of halogens is 1. The summed E-state index contributed by atoms with van der Waals surface area (Å²) in [6.45, 7) is 3.87. The number of aliphatic hydroxyl groups excluding tert-OH is 1. The Labute approximate surface area is 117 Å². The number of nitrogens with one attached hydrogen (secondary N) is 2. The molecule has 1 aromatic heterocycles. The summed E-state index contributed by atoms with van der Waals surface area (Å²) in [5, 5.41) is 12.7. The molecule has 0 spiro atoms. The second kappa shape index (κ2) is 5.63. The summed E-state index contributed by atoms with van der Waals surface area (Å²) in [7, 11) is 0. The molecule has 1 amide bonds. The van der Waals surface area contributed by atoms with Crippen LogP contribution in [0.2, 0.25) is 0 Å². The molecule has 0 aliphatic heterocycles. The summed E-state index contributed by atoms with van der Waals surface area (Å²) < 4.78 is 13.1. The molecule has 1 aromatic carbocycles. The van der Waals surface area contributed by atoms with E-state index in [1.54, 1.807) is 12.3 Å². The topological polar surface area (TPSA) is 65.1 Å². The highest BCUT2D eigenvalue weighted by atomic mass is 19.1. The highest BCUT2D eigenvalue weighted by Crippen LogP contribution is 2.21. The van der Waals surface area contributed by atoms with E-state index in [9.17, 15) is 9.18 Å². The molecule has 1 atom stereocenters. The van der Waals surface area contributed by atoms with E-state index in [4.69, 9.17) is 5.11 Å². The van der Waals surface area contributed by atoms with Crippen LogP contribution in [-0.2, 0) is 0 Å². The van der Waals surface area contributed by atoms with Crippen LogP contribution in [0.25, 0.3) is 10.9 Å². The molecule has 1 unspecified atom stereocenters. The molecule has 5 heteroatoms. The first-order chi connectivity index (χ1) is 9.49. The highest BCUT2D eigenvalue weighted by molar-refractivity contribution is 6.06. The van der Waals surface area contributed by atoms with Gasteiger partial charge in [0.15, 0.2) is 0 Å². The van der Waals surface area contributed by atoms with Crippen LogP contribution in [0.1, 0.15) is 37.0 Å². The van der Waals surface area contributed by atoms with Crippen molar-refractivity contribution >= 4 is 16.8 Å². The standard InChI is InChI=1S/C15H19FN2O2/c1-3-15(2,6-7-19)18-14(20)12-9-17-13-8-10(16)4-5-11(12)13/h4-5,8-9,17,19H,3,6-7H2,1-2H3,(H,18,20). The fourth-order valence-electron chi connectivity index (χ4n) is 2.20. The number of aromatic amines is 1. The second-order valence-electron chi connectivity index (χ2n) is 5.23. The van der Waals surface area contributed by atoms with Crippen LogP contribution in [-0.4, -0.2) is 28.1 Å². The zero-order valence-corrected chi connectivity index (χ0v) is 11.7. The Kier molecular flexibility index (Phi) is 4.09. The van der Waals surface area contributed by atoms with Crippen molar-refractivity contribution in [3.63, 3.8) is 0 Å². The van der Waals surface area contributed by atoms with E-state index >= 15 is 0 Å². The lowest BCUT2D eigenvalue weighted by atomic mass is 9.94. The van der Waals surface area contributed by atoms with Gasteiger partial charge in [0, 0.05) is 29.2 Å². The number of carbonyl (C=O) groups is 1. The van der Waals surface area contributed by atoms with Crippen molar-refractivity contribution in [3.05, 3.63) is 35.8 Å². The summed E-state index contributed by atoms with van der Waals surface area (Å²) >= 11 is 0. The third-order valence-electron chi connectivity index (χ3n) is 3.75. The monoisotopic (exact) mass is 278 g/mol. The van der Waals surface area contributed by atoms with Crippen LogP contribution >= 0.6 is 0 Å². The molecule has 0 radical (unpaired) electrons. The van der Waals surface area contributed by atoms with Gasteiger partial charge in [-0.25, -0.2) is 4.39 Å². The van der Waals surface area contributed by atoms with E-state index in [2.05, 4.69) is 10.3 Å². The van der Waals surface area contributed by atoms with E-state index in [0.717, 1.165) is 6.42 Å². The Hall–Kier alpha value is -1.88. The summed E-state index contributed by atoms with van der Waals surface area (Å²) in [4.78, 5) is 15.2. The Balaban J connectivity index is 2.27. The fraction of sp³-hybridized carbons (Fsp3) is 0.400. The number of aromatic nitrogens is 1. The molecule has 20 heavy (non-hydrogen) atoms. The zero-order valence-electron chi connectivity index (χ0n) is 11.7. The van der Waals surface area contributed by atoms with Gasteiger partial charge in [-0.3, -0.25) is 4.79 Å². The summed E-state index contributed by atoms with van der Waals surface area (Å²) in [5.74, 6) is -0.564. The SMILES string of the molecule is CCC(C)(CCO)NC(=O)c1c[nH]c2cc(F)ccc12. The van der Waals surface area contributed by atoms with Crippen molar-refractivity contribution < 1.29 is 14.3 Å². The lowest BCUT2D eigenvalue weighted by Crippen LogP contribution is -2.46. The predicted molar refractivity (Wildman–Crippen MR) is 76.1 cm³/mol.